The minimum Gasteiger partial charge on any atom is -0.496 e. The Bertz CT molecular complexity index is 1090. The van der Waals surface area contributed by atoms with E-state index in [0.717, 1.165) is 44.9 Å². The van der Waals surface area contributed by atoms with Gasteiger partial charge in [0.25, 0.3) is 0 Å². The van der Waals surface area contributed by atoms with Crippen LogP contribution < -0.4 is 14.5 Å². The maximum absolute atomic E-state index is 5.64. The molecule has 0 aliphatic carbocycles. The fraction of sp³-hybridized carbons (Fsp3) is 0.160. The molecule has 0 saturated carbocycles. The third-order valence-corrected chi connectivity index (χ3v) is 5.59. The SMILES string of the molecule is COc1ccccc1/C=C\C1=NN(c2cccc(Br)c2)[C@@H](c2ccccc2OC)C1. The summed E-state index contributed by atoms with van der Waals surface area (Å²) in [6.07, 6.45) is 4.90. The number of ether oxygens (including phenoxy) is 2. The summed E-state index contributed by atoms with van der Waals surface area (Å²) < 4.78 is 12.1. The third-order valence-electron chi connectivity index (χ3n) is 5.10. The number of para-hydroxylation sites is 2. The first-order valence-corrected chi connectivity index (χ1v) is 10.5. The molecule has 0 radical (unpaired) electrons. The number of methoxy groups -OCH3 is 2. The number of hydrogen-bond donors (Lipinski definition) is 0. The molecule has 0 unspecified atom stereocenters. The van der Waals surface area contributed by atoms with Crippen LogP contribution in [0.3, 0.4) is 0 Å². The van der Waals surface area contributed by atoms with Gasteiger partial charge in [0.05, 0.1) is 31.7 Å². The van der Waals surface area contributed by atoms with Gasteiger partial charge in [-0.25, -0.2) is 0 Å². The van der Waals surface area contributed by atoms with Crippen LogP contribution in [0.15, 0.2) is 88.4 Å². The number of halogens is 1. The van der Waals surface area contributed by atoms with Gasteiger partial charge in [-0.2, -0.15) is 5.10 Å². The topological polar surface area (TPSA) is 34.1 Å². The highest BCUT2D eigenvalue weighted by Crippen LogP contribution is 2.40. The van der Waals surface area contributed by atoms with Crippen LogP contribution in [0.1, 0.15) is 23.6 Å². The average molecular weight is 463 g/mol. The van der Waals surface area contributed by atoms with Crippen molar-refractivity contribution in [3.8, 4) is 11.5 Å². The molecule has 4 rings (SSSR count). The summed E-state index contributed by atoms with van der Waals surface area (Å²) in [5.41, 5.74) is 4.17. The van der Waals surface area contributed by atoms with E-state index in [9.17, 15) is 0 Å². The molecule has 0 aromatic heterocycles. The van der Waals surface area contributed by atoms with Gasteiger partial charge in [-0.3, -0.25) is 5.01 Å². The van der Waals surface area contributed by atoms with Gasteiger partial charge in [0.15, 0.2) is 0 Å². The van der Waals surface area contributed by atoms with Gasteiger partial charge >= 0.3 is 0 Å². The van der Waals surface area contributed by atoms with Gasteiger partial charge < -0.3 is 9.47 Å². The number of rotatable bonds is 6. The summed E-state index contributed by atoms with van der Waals surface area (Å²) in [4.78, 5) is 0. The number of benzene rings is 3. The van der Waals surface area contributed by atoms with Crippen LogP contribution in [0.5, 0.6) is 11.5 Å². The van der Waals surface area contributed by atoms with Crippen LogP contribution >= 0.6 is 15.9 Å². The van der Waals surface area contributed by atoms with E-state index in [0.29, 0.717) is 0 Å². The lowest BCUT2D eigenvalue weighted by molar-refractivity contribution is 0.405. The molecule has 0 spiro atoms. The van der Waals surface area contributed by atoms with Crippen molar-refractivity contribution < 1.29 is 9.47 Å². The Morgan fingerprint density at radius 1 is 0.900 bits per heavy atom. The first-order chi connectivity index (χ1) is 14.7. The molecule has 1 heterocycles. The van der Waals surface area contributed by atoms with E-state index in [1.807, 2.05) is 54.6 Å². The Balaban J connectivity index is 1.71. The van der Waals surface area contributed by atoms with Crippen molar-refractivity contribution in [2.24, 2.45) is 5.10 Å². The molecular formula is C25H23BrN2O2. The predicted octanol–water partition coefficient (Wildman–Crippen LogP) is 6.49. The Morgan fingerprint density at radius 2 is 1.63 bits per heavy atom. The van der Waals surface area contributed by atoms with E-state index in [1.54, 1.807) is 14.2 Å². The fourth-order valence-electron chi connectivity index (χ4n) is 3.66. The Morgan fingerprint density at radius 3 is 2.40 bits per heavy atom. The van der Waals surface area contributed by atoms with E-state index in [2.05, 4.69) is 51.3 Å². The zero-order valence-electron chi connectivity index (χ0n) is 17.0. The monoisotopic (exact) mass is 462 g/mol. The minimum absolute atomic E-state index is 0.0489. The zero-order valence-corrected chi connectivity index (χ0v) is 18.5. The number of nitrogens with zero attached hydrogens (tertiary/aromatic N) is 2. The quantitative estimate of drug-likeness (QED) is 0.419. The largest absolute Gasteiger partial charge is 0.496 e. The van der Waals surface area contributed by atoms with Crippen LogP contribution in [0, 0.1) is 0 Å². The standard InChI is InChI=1S/C25H23BrN2O2/c1-29-24-12-5-3-8-18(24)14-15-20-17-23(22-11-4-6-13-25(22)30-2)28(27-20)21-10-7-9-19(26)16-21/h3-16,23H,17H2,1-2H3/b15-14-/t23-/m1/s1. The molecule has 0 saturated heterocycles. The van der Waals surface area contributed by atoms with Crippen LogP contribution in [0.25, 0.3) is 6.08 Å². The maximum Gasteiger partial charge on any atom is 0.126 e. The summed E-state index contributed by atoms with van der Waals surface area (Å²) >= 11 is 3.58. The number of hydrogen-bond acceptors (Lipinski definition) is 4. The van der Waals surface area contributed by atoms with Gasteiger partial charge in [-0.15, -0.1) is 0 Å². The second-order valence-electron chi connectivity index (χ2n) is 6.95. The molecule has 1 aliphatic heterocycles. The molecule has 0 fully saturated rings. The highest BCUT2D eigenvalue weighted by atomic mass is 79.9. The molecule has 0 N–H and O–H groups in total. The van der Waals surface area contributed by atoms with E-state index in [1.165, 1.54) is 0 Å². The summed E-state index contributed by atoms with van der Waals surface area (Å²) in [7, 11) is 3.40. The second-order valence-corrected chi connectivity index (χ2v) is 7.87. The molecule has 0 bridgehead atoms. The molecule has 4 nitrogen and oxygen atoms in total. The van der Waals surface area contributed by atoms with Crippen molar-refractivity contribution in [2.45, 2.75) is 12.5 Å². The molecule has 5 heteroatoms. The molecule has 3 aromatic rings. The van der Waals surface area contributed by atoms with Crippen molar-refractivity contribution in [2.75, 3.05) is 19.2 Å². The number of anilines is 1. The van der Waals surface area contributed by atoms with Gasteiger partial charge in [-0.05, 0) is 42.5 Å². The molecule has 152 valence electrons. The van der Waals surface area contributed by atoms with Gasteiger partial charge in [0.1, 0.15) is 11.5 Å². The maximum atomic E-state index is 5.64. The van der Waals surface area contributed by atoms with E-state index in [4.69, 9.17) is 14.6 Å². The smallest absolute Gasteiger partial charge is 0.126 e. The zero-order chi connectivity index (χ0) is 20.9. The summed E-state index contributed by atoms with van der Waals surface area (Å²) in [5.74, 6) is 1.71. The van der Waals surface area contributed by atoms with Crippen LogP contribution in [0.4, 0.5) is 5.69 Å². The van der Waals surface area contributed by atoms with Crippen molar-refractivity contribution in [3.63, 3.8) is 0 Å². The highest BCUT2D eigenvalue weighted by Gasteiger charge is 2.30. The molecule has 1 atom stereocenters. The van der Waals surface area contributed by atoms with Gasteiger partial charge in [0.2, 0.25) is 0 Å². The Labute approximate surface area is 185 Å². The van der Waals surface area contributed by atoms with Crippen molar-refractivity contribution in [1.29, 1.82) is 0 Å². The highest BCUT2D eigenvalue weighted by molar-refractivity contribution is 9.10. The Kier molecular flexibility index (Phi) is 6.19. The first-order valence-electron chi connectivity index (χ1n) is 9.76. The molecule has 3 aromatic carbocycles. The summed E-state index contributed by atoms with van der Waals surface area (Å²) in [6, 6.07) is 24.4. The third kappa shape index (κ3) is 4.26. The van der Waals surface area contributed by atoms with Gasteiger partial charge in [-0.1, -0.05) is 58.4 Å². The number of allylic oxidation sites excluding steroid dienone is 1. The molecule has 30 heavy (non-hydrogen) atoms. The first kappa shape index (κ1) is 20.2. The van der Waals surface area contributed by atoms with Crippen molar-refractivity contribution in [3.05, 3.63) is 94.5 Å². The Hall–Kier alpha value is -3.05. The average Bonchev–Trinajstić information content (AvgIpc) is 3.22. The van der Waals surface area contributed by atoms with E-state index >= 15 is 0 Å². The molecule has 0 amide bonds. The molecule has 1 aliphatic rings. The minimum atomic E-state index is 0.0489. The van der Waals surface area contributed by atoms with Gasteiger partial charge in [0, 0.05) is 22.0 Å². The van der Waals surface area contributed by atoms with Crippen LogP contribution in [-0.4, -0.2) is 19.9 Å². The lowest BCUT2D eigenvalue weighted by atomic mass is 9.99. The van der Waals surface area contributed by atoms with Crippen LogP contribution in [0.2, 0.25) is 0 Å². The van der Waals surface area contributed by atoms with Crippen molar-refractivity contribution >= 4 is 33.4 Å². The lowest BCUT2D eigenvalue weighted by Gasteiger charge is -2.25. The normalized spacial score (nSPS) is 16.0. The van der Waals surface area contributed by atoms with Crippen molar-refractivity contribution in [1.82, 2.24) is 0 Å². The second kappa shape index (κ2) is 9.18. The summed E-state index contributed by atoms with van der Waals surface area (Å²) in [5, 5.41) is 7.02. The fourth-order valence-corrected chi connectivity index (χ4v) is 4.05. The van der Waals surface area contributed by atoms with Crippen LogP contribution in [-0.2, 0) is 0 Å². The summed E-state index contributed by atoms with van der Waals surface area (Å²) in [6.45, 7) is 0. The molecular weight excluding hydrogens is 440 g/mol. The predicted molar refractivity (Wildman–Crippen MR) is 126 cm³/mol. The lowest BCUT2D eigenvalue weighted by Crippen LogP contribution is -2.19. The van der Waals surface area contributed by atoms with E-state index < -0.39 is 0 Å². The van der Waals surface area contributed by atoms with E-state index in [-0.39, 0.29) is 6.04 Å². The number of hydrazone groups is 1.